The molecule has 0 aliphatic carbocycles. The van der Waals surface area contributed by atoms with E-state index >= 15 is 0 Å². The first-order chi connectivity index (χ1) is 14.0. The Labute approximate surface area is 170 Å². The topological polar surface area (TPSA) is 67.2 Å². The van der Waals surface area contributed by atoms with Gasteiger partial charge in [-0.2, -0.15) is 0 Å². The van der Waals surface area contributed by atoms with Crippen molar-refractivity contribution < 1.29 is 9.59 Å². The molecule has 1 atom stereocenters. The quantitative estimate of drug-likeness (QED) is 0.657. The summed E-state index contributed by atoms with van der Waals surface area (Å²) in [5.74, 6) is 0.655. The van der Waals surface area contributed by atoms with Crippen LogP contribution in [0.4, 0.5) is 5.69 Å². The third-order valence-corrected chi connectivity index (χ3v) is 5.54. The molecule has 1 unspecified atom stereocenters. The van der Waals surface area contributed by atoms with Gasteiger partial charge in [0.1, 0.15) is 5.82 Å². The monoisotopic (exact) mass is 390 g/mol. The van der Waals surface area contributed by atoms with E-state index in [1.165, 1.54) is 0 Å². The Balaban J connectivity index is 1.29. The van der Waals surface area contributed by atoms with Crippen LogP contribution >= 0.6 is 0 Å². The first-order valence-corrected chi connectivity index (χ1v) is 10.1. The average molecular weight is 390 g/mol. The van der Waals surface area contributed by atoms with Crippen molar-refractivity contribution in [3.63, 3.8) is 0 Å². The number of imidazole rings is 1. The number of benzene rings is 2. The standard InChI is InChI=1S/C23H26N4O2/c1-16-8-10-19(11-9-16)27-15-18(14-22(27)28)23(29)24-12-5-13-26-17(2)25-20-6-3-4-7-21(20)26/h3-4,6-11,18H,5,12-15H2,1-2H3,(H,24,29). The van der Waals surface area contributed by atoms with Crippen molar-refractivity contribution in [2.45, 2.75) is 33.2 Å². The van der Waals surface area contributed by atoms with Crippen molar-refractivity contribution in [3.8, 4) is 0 Å². The van der Waals surface area contributed by atoms with E-state index in [-0.39, 0.29) is 24.2 Å². The molecule has 0 saturated carbocycles. The summed E-state index contributed by atoms with van der Waals surface area (Å²) in [4.78, 5) is 31.2. The lowest BCUT2D eigenvalue weighted by Gasteiger charge is -2.17. The predicted octanol–water partition coefficient (Wildman–Crippen LogP) is 3.21. The highest BCUT2D eigenvalue weighted by atomic mass is 16.2. The fourth-order valence-electron chi connectivity index (χ4n) is 3.93. The molecule has 1 aromatic heterocycles. The van der Waals surface area contributed by atoms with Crippen molar-refractivity contribution in [2.24, 2.45) is 5.92 Å². The number of hydrogen-bond donors (Lipinski definition) is 1. The zero-order valence-electron chi connectivity index (χ0n) is 16.9. The number of fused-ring (bicyclic) bond motifs is 1. The molecule has 29 heavy (non-hydrogen) atoms. The number of amides is 2. The fraction of sp³-hybridized carbons (Fsp3) is 0.348. The van der Waals surface area contributed by atoms with Crippen LogP contribution in [0.15, 0.2) is 48.5 Å². The van der Waals surface area contributed by atoms with E-state index in [2.05, 4.69) is 20.9 Å². The zero-order chi connectivity index (χ0) is 20.4. The minimum Gasteiger partial charge on any atom is -0.356 e. The van der Waals surface area contributed by atoms with E-state index in [0.717, 1.165) is 41.1 Å². The second kappa shape index (κ2) is 8.07. The van der Waals surface area contributed by atoms with Crippen LogP contribution in [0.2, 0.25) is 0 Å². The van der Waals surface area contributed by atoms with Crippen molar-refractivity contribution in [1.82, 2.24) is 14.9 Å². The Morgan fingerprint density at radius 2 is 1.90 bits per heavy atom. The number of rotatable bonds is 6. The normalized spacial score (nSPS) is 16.6. The molecular weight excluding hydrogens is 364 g/mol. The summed E-state index contributed by atoms with van der Waals surface area (Å²) in [6, 6.07) is 15.9. The second-order valence-electron chi connectivity index (χ2n) is 7.68. The van der Waals surface area contributed by atoms with Gasteiger partial charge in [0.15, 0.2) is 0 Å². The van der Waals surface area contributed by atoms with E-state index < -0.39 is 0 Å². The van der Waals surface area contributed by atoms with Gasteiger partial charge in [0, 0.05) is 31.7 Å². The summed E-state index contributed by atoms with van der Waals surface area (Å²) < 4.78 is 2.18. The van der Waals surface area contributed by atoms with Crippen LogP contribution in [0.1, 0.15) is 24.2 Å². The molecule has 0 spiro atoms. The maximum atomic E-state index is 12.6. The molecule has 0 radical (unpaired) electrons. The number of carbonyl (C=O) groups excluding carboxylic acids is 2. The van der Waals surface area contributed by atoms with Crippen LogP contribution in [0.5, 0.6) is 0 Å². The molecule has 150 valence electrons. The minimum absolute atomic E-state index is 0.00881. The highest BCUT2D eigenvalue weighted by Gasteiger charge is 2.34. The van der Waals surface area contributed by atoms with Crippen molar-refractivity contribution >= 4 is 28.5 Å². The van der Waals surface area contributed by atoms with E-state index in [1.807, 2.05) is 56.3 Å². The van der Waals surface area contributed by atoms with Crippen molar-refractivity contribution in [3.05, 3.63) is 59.9 Å². The molecule has 1 N–H and O–H groups in total. The molecular formula is C23H26N4O2. The zero-order valence-corrected chi connectivity index (χ0v) is 16.9. The number of anilines is 1. The van der Waals surface area contributed by atoms with Gasteiger partial charge in [-0.1, -0.05) is 29.8 Å². The first-order valence-electron chi connectivity index (χ1n) is 10.1. The average Bonchev–Trinajstić information content (AvgIpc) is 3.25. The lowest BCUT2D eigenvalue weighted by atomic mass is 10.1. The van der Waals surface area contributed by atoms with Gasteiger partial charge in [-0.05, 0) is 44.5 Å². The third-order valence-electron chi connectivity index (χ3n) is 5.54. The van der Waals surface area contributed by atoms with Crippen LogP contribution in [0, 0.1) is 19.8 Å². The third kappa shape index (κ3) is 4.01. The molecule has 1 aliphatic heterocycles. The van der Waals surface area contributed by atoms with Crippen LogP contribution < -0.4 is 10.2 Å². The predicted molar refractivity (Wildman–Crippen MR) is 114 cm³/mol. The van der Waals surface area contributed by atoms with Crippen LogP contribution in [-0.4, -0.2) is 34.5 Å². The van der Waals surface area contributed by atoms with Gasteiger partial charge < -0.3 is 14.8 Å². The van der Waals surface area contributed by atoms with Crippen LogP contribution in [0.25, 0.3) is 11.0 Å². The number of aromatic nitrogens is 2. The molecule has 3 aromatic rings. The molecule has 2 amide bonds. The van der Waals surface area contributed by atoms with Gasteiger partial charge in [0.05, 0.1) is 17.0 Å². The molecule has 2 heterocycles. The minimum atomic E-state index is -0.292. The fourth-order valence-corrected chi connectivity index (χ4v) is 3.93. The molecule has 4 rings (SSSR count). The Kier molecular flexibility index (Phi) is 5.34. The van der Waals surface area contributed by atoms with E-state index in [0.29, 0.717) is 13.1 Å². The number of nitrogens with zero attached hydrogens (tertiary/aromatic N) is 3. The van der Waals surface area contributed by atoms with Gasteiger partial charge in [-0.25, -0.2) is 4.98 Å². The number of carbonyl (C=O) groups is 2. The van der Waals surface area contributed by atoms with Crippen LogP contribution in [-0.2, 0) is 16.1 Å². The molecule has 1 saturated heterocycles. The van der Waals surface area contributed by atoms with E-state index in [9.17, 15) is 9.59 Å². The highest BCUT2D eigenvalue weighted by Crippen LogP contribution is 2.25. The van der Waals surface area contributed by atoms with Crippen LogP contribution in [0.3, 0.4) is 0 Å². The number of aryl methyl sites for hydroxylation is 3. The second-order valence-corrected chi connectivity index (χ2v) is 7.68. The Morgan fingerprint density at radius 1 is 1.14 bits per heavy atom. The maximum absolute atomic E-state index is 12.6. The Morgan fingerprint density at radius 3 is 2.69 bits per heavy atom. The largest absolute Gasteiger partial charge is 0.356 e. The van der Waals surface area contributed by atoms with Crippen molar-refractivity contribution in [1.29, 1.82) is 0 Å². The summed E-state index contributed by atoms with van der Waals surface area (Å²) in [6.45, 7) is 5.84. The summed E-state index contributed by atoms with van der Waals surface area (Å²) >= 11 is 0. The van der Waals surface area contributed by atoms with Gasteiger partial charge in [-0.15, -0.1) is 0 Å². The molecule has 2 aromatic carbocycles. The van der Waals surface area contributed by atoms with Crippen molar-refractivity contribution in [2.75, 3.05) is 18.0 Å². The molecule has 6 heteroatoms. The Hall–Kier alpha value is -3.15. The molecule has 1 aliphatic rings. The highest BCUT2D eigenvalue weighted by molar-refractivity contribution is 6.00. The lowest BCUT2D eigenvalue weighted by molar-refractivity contribution is -0.126. The lowest BCUT2D eigenvalue weighted by Crippen LogP contribution is -2.33. The smallest absolute Gasteiger partial charge is 0.227 e. The summed E-state index contributed by atoms with van der Waals surface area (Å²) in [7, 11) is 0. The molecule has 0 bridgehead atoms. The van der Waals surface area contributed by atoms with E-state index in [1.54, 1.807) is 4.90 Å². The van der Waals surface area contributed by atoms with E-state index in [4.69, 9.17) is 0 Å². The summed E-state index contributed by atoms with van der Waals surface area (Å²) in [5, 5.41) is 3.00. The summed E-state index contributed by atoms with van der Waals surface area (Å²) in [6.07, 6.45) is 1.08. The molecule has 6 nitrogen and oxygen atoms in total. The number of hydrogen-bond acceptors (Lipinski definition) is 3. The Bertz CT molecular complexity index is 1040. The van der Waals surface area contributed by atoms with Gasteiger partial charge in [0.2, 0.25) is 11.8 Å². The van der Waals surface area contributed by atoms with Gasteiger partial charge in [0.25, 0.3) is 0 Å². The molecule has 1 fully saturated rings. The first kappa shape index (κ1) is 19.2. The van der Waals surface area contributed by atoms with Gasteiger partial charge in [-0.3, -0.25) is 9.59 Å². The maximum Gasteiger partial charge on any atom is 0.227 e. The number of nitrogens with one attached hydrogen (secondary N) is 1. The summed E-state index contributed by atoms with van der Waals surface area (Å²) in [5.41, 5.74) is 4.12. The SMILES string of the molecule is Cc1ccc(N2CC(C(=O)NCCCn3c(C)nc4ccccc43)CC2=O)cc1. The number of para-hydroxylation sites is 2. The van der Waals surface area contributed by atoms with Gasteiger partial charge >= 0.3 is 0 Å².